The van der Waals surface area contributed by atoms with E-state index in [1.807, 2.05) is 61.5 Å². The predicted octanol–water partition coefficient (Wildman–Crippen LogP) is 4.76. The van der Waals surface area contributed by atoms with Crippen LogP contribution < -0.4 is 0 Å². The predicted molar refractivity (Wildman–Crippen MR) is 108 cm³/mol. The number of carbonyl (C=O) groups excluding carboxylic acids is 3. The number of aryl methyl sites for hydroxylation is 1. The van der Waals surface area contributed by atoms with Gasteiger partial charge in [0.25, 0.3) is 0 Å². The minimum atomic E-state index is -0.894. The fraction of sp³-hybridized carbons (Fsp3) is 0.160. The SMILES string of the molecule is Cc1ccccc1[C@H](C=O)[C@@H](c1ccccc1)C1C(=O)c2ccccc2C1=O. The fourth-order valence-electron chi connectivity index (χ4n) is 4.29. The van der Waals surface area contributed by atoms with E-state index in [4.69, 9.17) is 0 Å². The molecule has 0 saturated carbocycles. The lowest BCUT2D eigenvalue weighted by molar-refractivity contribution is -0.109. The Bertz CT molecular complexity index is 1020. The van der Waals surface area contributed by atoms with Crippen LogP contribution in [0.15, 0.2) is 78.9 Å². The number of benzene rings is 3. The first-order valence-electron chi connectivity index (χ1n) is 9.36. The van der Waals surface area contributed by atoms with Gasteiger partial charge in [-0.2, -0.15) is 0 Å². The van der Waals surface area contributed by atoms with Crippen LogP contribution in [0.25, 0.3) is 0 Å². The van der Waals surface area contributed by atoms with Gasteiger partial charge in [-0.25, -0.2) is 0 Å². The summed E-state index contributed by atoms with van der Waals surface area (Å²) in [5.74, 6) is -2.43. The lowest BCUT2D eigenvalue weighted by Gasteiger charge is -2.28. The molecule has 2 atom stereocenters. The zero-order chi connectivity index (χ0) is 19.7. The van der Waals surface area contributed by atoms with Crippen molar-refractivity contribution in [2.45, 2.75) is 18.8 Å². The van der Waals surface area contributed by atoms with Gasteiger partial charge in [-0.3, -0.25) is 9.59 Å². The second kappa shape index (κ2) is 7.35. The highest BCUT2D eigenvalue weighted by molar-refractivity contribution is 6.27. The maximum Gasteiger partial charge on any atom is 0.175 e. The molecule has 0 heterocycles. The van der Waals surface area contributed by atoms with Crippen molar-refractivity contribution >= 4 is 17.9 Å². The third-order valence-electron chi connectivity index (χ3n) is 5.65. The second-order valence-electron chi connectivity index (χ2n) is 7.21. The Morgan fingerprint density at radius 1 is 0.750 bits per heavy atom. The molecule has 0 aliphatic heterocycles. The van der Waals surface area contributed by atoms with Crippen LogP contribution in [0.2, 0.25) is 0 Å². The smallest absolute Gasteiger partial charge is 0.175 e. The van der Waals surface area contributed by atoms with Gasteiger partial charge in [-0.05, 0) is 23.6 Å². The van der Waals surface area contributed by atoms with E-state index in [2.05, 4.69) is 0 Å². The van der Waals surface area contributed by atoms with Crippen molar-refractivity contribution in [2.75, 3.05) is 0 Å². The highest BCUT2D eigenvalue weighted by atomic mass is 16.2. The van der Waals surface area contributed by atoms with Crippen LogP contribution in [0.5, 0.6) is 0 Å². The summed E-state index contributed by atoms with van der Waals surface area (Å²) in [6.07, 6.45) is 0.879. The van der Waals surface area contributed by atoms with E-state index >= 15 is 0 Å². The van der Waals surface area contributed by atoms with Crippen LogP contribution in [-0.2, 0) is 4.79 Å². The molecule has 4 rings (SSSR count). The molecule has 0 bridgehead atoms. The minimum Gasteiger partial charge on any atom is -0.303 e. The van der Waals surface area contributed by atoms with Gasteiger partial charge in [0.1, 0.15) is 6.29 Å². The second-order valence-corrected chi connectivity index (χ2v) is 7.21. The van der Waals surface area contributed by atoms with Gasteiger partial charge in [0.05, 0.1) is 5.92 Å². The molecule has 0 amide bonds. The molecule has 1 aliphatic carbocycles. The third-order valence-corrected chi connectivity index (χ3v) is 5.65. The molecule has 3 nitrogen and oxygen atoms in total. The lowest BCUT2D eigenvalue weighted by Crippen LogP contribution is -2.29. The molecule has 0 fully saturated rings. The summed E-state index contributed by atoms with van der Waals surface area (Å²) >= 11 is 0. The molecule has 3 heteroatoms. The number of rotatable bonds is 5. The minimum absolute atomic E-state index is 0.199. The normalized spacial score (nSPS) is 15.9. The maximum atomic E-state index is 13.2. The molecule has 28 heavy (non-hydrogen) atoms. The fourth-order valence-corrected chi connectivity index (χ4v) is 4.29. The van der Waals surface area contributed by atoms with Gasteiger partial charge < -0.3 is 4.79 Å². The van der Waals surface area contributed by atoms with E-state index in [0.717, 1.165) is 23.0 Å². The van der Waals surface area contributed by atoms with E-state index in [9.17, 15) is 14.4 Å². The number of aldehydes is 1. The summed E-state index contributed by atoms with van der Waals surface area (Å²) in [4.78, 5) is 38.7. The summed E-state index contributed by atoms with van der Waals surface area (Å²) in [5, 5.41) is 0. The van der Waals surface area contributed by atoms with Crippen molar-refractivity contribution in [2.24, 2.45) is 5.92 Å². The first kappa shape index (κ1) is 18.1. The molecular formula is C25H20O3. The van der Waals surface area contributed by atoms with Gasteiger partial charge in [0, 0.05) is 23.0 Å². The topological polar surface area (TPSA) is 51.2 Å². The molecule has 0 unspecified atom stereocenters. The Hall–Kier alpha value is -3.33. The quantitative estimate of drug-likeness (QED) is 0.482. The van der Waals surface area contributed by atoms with Gasteiger partial charge in [0.2, 0.25) is 0 Å². The number of ketones is 2. The number of Topliss-reactive ketones (excluding diaryl/α,β-unsaturated/α-hetero) is 2. The monoisotopic (exact) mass is 368 g/mol. The zero-order valence-corrected chi connectivity index (χ0v) is 15.5. The van der Waals surface area contributed by atoms with E-state index in [-0.39, 0.29) is 11.6 Å². The van der Waals surface area contributed by atoms with Gasteiger partial charge in [-0.1, -0.05) is 78.9 Å². The molecule has 138 valence electrons. The lowest BCUT2D eigenvalue weighted by atomic mass is 9.72. The van der Waals surface area contributed by atoms with Crippen LogP contribution in [-0.4, -0.2) is 17.9 Å². The average Bonchev–Trinajstić information content (AvgIpc) is 2.98. The molecule has 3 aromatic carbocycles. The number of carbonyl (C=O) groups is 3. The first-order chi connectivity index (χ1) is 13.6. The van der Waals surface area contributed by atoms with Crippen molar-refractivity contribution in [3.05, 3.63) is 107 Å². The number of hydrogen-bond acceptors (Lipinski definition) is 3. The Balaban J connectivity index is 1.89. The van der Waals surface area contributed by atoms with E-state index in [1.165, 1.54) is 0 Å². The Labute approximate surface area is 164 Å². The zero-order valence-electron chi connectivity index (χ0n) is 15.5. The standard InChI is InChI=1S/C25H20O3/c1-16-9-5-6-12-18(16)21(15-26)22(17-10-3-2-4-11-17)23-24(27)19-13-7-8-14-20(19)25(23)28/h2-15,21-23H,1H3/t21-,22+/m0/s1. The summed E-state index contributed by atoms with van der Waals surface area (Å²) in [5.41, 5.74) is 3.54. The summed E-state index contributed by atoms with van der Waals surface area (Å²) < 4.78 is 0. The van der Waals surface area contributed by atoms with Crippen LogP contribution >= 0.6 is 0 Å². The number of hydrogen-bond donors (Lipinski definition) is 0. The van der Waals surface area contributed by atoms with E-state index in [1.54, 1.807) is 24.3 Å². The van der Waals surface area contributed by atoms with Crippen LogP contribution in [0.4, 0.5) is 0 Å². The van der Waals surface area contributed by atoms with Crippen molar-refractivity contribution in [1.29, 1.82) is 0 Å². The molecule has 0 aromatic heterocycles. The molecule has 0 radical (unpaired) electrons. The Morgan fingerprint density at radius 2 is 1.29 bits per heavy atom. The van der Waals surface area contributed by atoms with Crippen molar-refractivity contribution in [3.63, 3.8) is 0 Å². The Kier molecular flexibility index (Phi) is 4.74. The average molecular weight is 368 g/mol. The third kappa shape index (κ3) is 2.89. The maximum absolute atomic E-state index is 13.2. The van der Waals surface area contributed by atoms with Crippen LogP contribution in [0.1, 0.15) is 49.2 Å². The summed E-state index contributed by atoms with van der Waals surface area (Å²) in [6.45, 7) is 1.95. The summed E-state index contributed by atoms with van der Waals surface area (Å²) in [6, 6.07) is 24.0. The van der Waals surface area contributed by atoms with Gasteiger partial charge in [0.15, 0.2) is 11.6 Å². The molecule has 0 spiro atoms. The largest absolute Gasteiger partial charge is 0.303 e. The van der Waals surface area contributed by atoms with Crippen LogP contribution in [0.3, 0.4) is 0 Å². The van der Waals surface area contributed by atoms with E-state index < -0.39 is 17.8 Å². The molecule has 0 N–H and O–H groups in total. The van der Waals surface area contributed by atoms with Crippen molar-refractivity contribution in [1.82, 2.24) is 0 Å². The van der Waals surface area contributed by atoms with Crippen LogP contribution in [0, 0.1) is 12.8 Å². The van der Waals surface area contributed by atoms with E-state index in [0.29, 0.717) is 11.1 Å². The highest BCUT2D eigenvalue weighted by Crippen LogP contribution is 2.44. The molecule has 1 aliphatic rings. The molecule has 3 aromatic rings. The first-order valence-corrected chi connectivity index (χ1v) is 9.36. The Morgan fingerprint density at radius 3 is 1.86 bits per heavy atom. The highest BCUT2D eigenvalue weighted by Gasteiger charge is 2.46. The van der Waals surface area contributed by atoms with Crippen molar-refractivity contribution < 1.29 is 14.4 Å². The summed E-state index contributed by atoms with van der Waals surface area (Å²) in [7, 11) is 0. The molecular weight excluding hydrogens is 348 g/mol. The van der Waals surface area contributed by atoms with Crippen molar-refractivity contribution in [3.8, 4) is 0 Å². The van der Waals surface area contributed by atoms with Gasteiger partial charge >= 0.3 is 0 Å². The van der Waals surface area contributed by atoms with Gasteiger partial charge in [-0.15, -0.1) is 0 Å². The molecule has 0 saturated heterocycles. The number of fused-ring (bicyclic) bond motifs is 1.